The lowest BCUT2D eigenvalue weighted by Crippen LogP contribution is -2.23. The van der Waals surface area contributed by atoms with Gasteiger partial charge in [0.25, 0.3) is 0 Å². The summed E-state index contributed by atoms with van der Waals surface area (Å²) in [6, 6.07) is 12.5. The molecule has 0 bridgehead atoms. The van der Waals surface area contributed by atoms with Crippen molar-refractivity contribution in [3.05, 3.63) is 66.0 Å². The normalized spacial score (nSPS) is 12.0. The number of sulfonamides is 1. The summed E-state index contributed by atoms with van der Waals surface area (Å²) in [6.07, 6.45) is 3.25. The summed E-state index contributed by atoms with van der Waals surface area (Å²) < 4.78 is 27.5. The Hall–Kier alpha value is -2.31. The van der Waals surface area contributed by atoms with Crippen molar-refractivity contribution in [2.45, 2.75) is 31.2 Å². The summed E-state index contributed by atoms with van der Waals surface area (Å²) in [6.45, 7) is 4.36. The Balaban J connectivity index is 1.76. The molecular formula is C18H19N3O2S. The molecule has 0 radical (unpaired) electrons. The largest absolute Gasteiger partial charge is 0.253 e. The number of nitrogens with one attached hydrogen (secondary N) is 1. The Kier molecular flexibility index (Phi) is 4.59. The van der Waals surface area contributed by atoms with Crippen LogP contribution in [0.4, 0.5) is 0 Å². The predicted molar refractivity (Wildman–Crippen MR) is 94.1 cm³/mol. The van der Waals surface area contributed by atoms with Gasteiger partial charge in [0.1, 0.15) is 0 Å². The third-order valence-electron chi connectivity index (χ3n) is 3.86. The zero-order valence-corrected chi connectivity index (χ0v) is 14.4. The fourth-order valence-corrected chi connectivity index (χ4v) is 3.43. The molecule has 6 heteroatoms. The zero-order valence-electron chi connectivity index (χ0n) is 13.6. The van der Waals surface area contributed by atoms with Crippen molar-refractivity contribution in [1.82, 2.24) is 14.7 Å². The van der Waals surface area contributed by atoms with Crippen molar-refractivity contribution < 1.29 is 8.42 Å². The van der Waals surface area contributed by atoms with Gasteiger partial charge in [-0.1, -0.05) is 32.0 Å². The molecule has 0 atom stereocenters. The van der Waals surface area contributed by atoms with Crippen LogP contribution in [0.2, 0.25) is 0 Å². The second-order valence-corrected chi connectivity index (χ2v) is 7.69. The Morgan fingerprint density at radius 1 is 0.958 bits per heavy atom. The van der Waals surface area contributed by atoms with Crippen LogP contribution in [0.1, 0.15) is 30.9 Å². The van der Waals surface area contributed by atoms with Crippen LogP contribution < -0.4 is 4.72 Å². The molecule has 0 amide bonds. The third kappa shape index (κ3) is 3.60. The summed E-state index contributed by atoms with van der Waals surface area (Å²) in [5.74, 6) is 0.369. The molecule has 1 N–H and O–H groups in total. The molecule has 3 aromatic rings. The van der Waals surface area contributed by atoms with E-state index in [1.54, 1.807) is 24.5 Å². The van der Waals surface area contributed by atoms with E-state index in [-0.39, 0.29) is 11.4 Å². The maximum absolute atomic E-state index is 12.4. The summed E-state index contributed by atoms with van der Waals surface area (Å²) in [5.41, 5.74) is 3.48. The van der Waals surface area contributed by atoms with Crippen molar-refractivity contribution in [3.8, 4) is 0 Å². The van der Waals surface area contributed by atoms with Gasteiger partial charge >= 0.3 is 0 Å². The maximum Gasteiger partial charge on any atom is 0.240 e. The van der Waals surface area contributed by atoms with Gasteiger partial charge in [-0.15, -0.1) is 0 Å². The van der Waals surface area contributed by atoms with Crippen molar-refractivity contribution in [1.29, 1.82) is 0 Å². The Morgan fingerprint density at radius 2 is 1.62 bits per heavy atom. The molecule has 0 aliphatic carbocycles. The lowest BCUT2D eigenvalue weighted by atomic mass is 10.0. The van der Waals surface area contributed by atoms with E-state index in [0.29, 0.717) is 5.92 Å². The van der Waals surface area contributed by atoms with Crippen LogP contribution in [-0.4, -0.2) is 18.4 Å². The lowest BCUT2D eigenvalue weighted by molar-refractivity contribution is 0.581. The Morgan fingerprint density at radius 3 is 2.29 bits per heavy atom. The number of benzene rings is 2. The maximum atomic E-state index is 12.4. The van der Waals surface area contributed by atoms with Crippen LogP contribution in [0.3, 0.4) is 0 Å². The van der Waals surface area contributed by atoms with E-state index in [1.807, 2.05) is 30.3 Å². The summed E-state index contributed by atoms with van der Waals surface area (Å²) in [4.78, 5) is 8.70. The van der Waals surface area contributed by atoms with E-state index in [1.165, 1.54) is 0 Å². The Labute approximate surface area is 141 Å². The van der Waals surface area contributed by atoms with Crippen molar-refractivity contribution in [3.63, 3.8) is 0 Å². The standard InChI is InChI=1S/C18H19N3O2S/c1-13(2)15-4-6-16(7-5-15)24(22,23)21-12-14-3-8-17-18(11-14)20-10-9-19-17/h3-11,13,21H,12H2,1-2H3. The number of fused-ring (bicyclic) bond motifs is 1. The van der Waals surface area contributed by atoms with Gasteiger partial charge in [0.15, 0.2) is 0 Å². The van der Waals surface area contributed by atoms with E-state index in [9.17, 15) is 8.42 Å². The molecule has 124 valence electrons. The minimum Gasteiger partial charge on any atom is -0.253 e. The topological polar surface area (TPSA) is 72.0 Å². The van der Waals surface area contributed by atoms with Gasteiger partial charge in [0, 0.05) is 18.9 Å². The summed E-state index contributed by atoms with van der Waals surface area (Å²) in [5, 5.41) is 0. The molecular weight excluding hydrogens is 322 g/mol. The van der Waals surface area contributed by atoms with E-state index in [0.717, 1.165) is 22.2 Å². The molecule has 0 saturated heterocycles. The van der Waals surface area contributed by atoms with Crippen LogP contribution in [-0.2, 0) is 16.6 Å². The van der Waals surface area contributed by atoms with Crippen molar-refractivity contribution in [2.75, 3.05) is 0 Å². The van der Waals surface area contributed by atoms with Crippen LogP contribution >= 0.6 is 0 Å². The van der Waals surface area contributed by atoms with Crippen LogP contribution in [0, 0.1) is 0 Å². The molecule has 0 aliphatic heterocycles. The minimum atomic E-state index is -3.54. The molecule has 2 aromatic carbocycles. The van der Waals surface area contributed by atoms with Crippen LogP contribution in [0.15, 0.2) is 59.8 Å². The van der Waals surface area contributed by atoms with Crippen molar-refractivity contribution in [2.24, 2.45) is 0 Å². The molecule has 0 aliphatic rings. The number of rotatable bonds is 5. The fourth-order valence-electron chi connectivity index (χ4n) is 2.41. The smallest absolute Gasteiger partial charge is 0.240 e. The fraction of sp³-hybridized carbons (Fsp3) is 0.222. The zero-order chi connectivity index (χ0) is 17.2. The predicted octanol–water partition coefficient (Wildman–Crippen LogP) is 3.23. The van der Waals surface area contributed by atoms with Gasteiger partial charge in [-0.3, -0.25) is 9.97 Å². The van der Waals surface area contributed by atoms with Gasteiger partial charge in [-0.2, -0.15) is 0 Å². The highest BCUT2D eigenvalue weighted by Gasteiger charge is 2.14. The highest BCUT2D eigenvalue weighted by atomic mass is 32.2. The second kappa shape index (κ2) is 6.67. The quantitative estimate of drug-likeness (QED) is 0.773. The first-order chi connectivity index (χ1) is 11.5. The van der Waals surface area contributed by atoms with Gasteiger partial charge < -0.3 is 0 Å². The molecule has 5 nitrogen and oxygen atoms in total. The molecule has 0 spiro atoms. The first-order valence-corrected chi connectivity index (χ1v) is 9.23. The number of nitrogens with zero attached hydrogens (tertiary/aromatic N) is 2. The minimum absolute atomic E-state index is 0.209. The average Bonchev–Trinajstić information content (AvgIpc) is 2.60. The SMILES string of the molecule is CC(C)c1ccc(S(=O)(=O)NCc2ccc3nccnc3c2)cc1. The van der Waals surface area contributed by atoms with Crippen LogP contribution in [0.25, 0.3) is 11.0 Å². The molecule has 1 aromatic heterocycles. The monoisotopic (exact) mass is 341 g/mol. The molecule has 0 fully saturated rings. The molecule has 1 heterocycles. The Bertz CT molecular complexity index is 951. The number of hydrogen-bond acceptors (Lipinski definition) is 4. The highest BCUT2D eigenvalue weighted by molar-refractivity contribution is 7.89. The van der Waals surface area contributed by atoms with Gasteiger partial charge in [-0.25, -0.2) is 13.1 Å². The highest BCUT2D eigenvalue weighted by Crippen LogP contribution is 2.18. The van der Waals surface area contributed by atoms with Gasteiger partial charge in [0.2, 0.25) is 10.0 Å². The third-order valence-corrected chi connectivity index (χ3v) is 5.27. The number of hydrogen-bond donors (Lipinski definition) is 1. The average molecular weight is 341 g/mol. The lowest BCUT2D eigenvalue weighted by Gasteiger charge is -2.09. The summed E-state index contributed by atoms with van der Waals surface area (Å²) >= 11 is 0. The second-order valence-electron chi connectivity index (χ2n) is 5.93. The summed E-state index contributed by atoms with van der Waals surface area (Å²) in [7, 11) is -3.54. The van der Waals surface area contributed by atoms with E-state index < -0.39 is 10.0 Å². The van der Waals surface area contributed by atoms with E-state index in [4.69, 9.17) is 0 Å². The van der Waals surface area contributed by atoms with Gasteiger partial charge in [-0.05, 0) is 41.3 Å². The molecule has 3 rings (SSSR count). The molecule has 0 saturated carbocycles. The first kappa shape index (κ1) is 16.5. The van der Waals surface area contributed by atoms with Crippen molar-refractivity contribution >= 4 is 21.1 Å². The van der Waals surface area contributed by atoms with Gasteiger partial charge in [0.05, 0.1) is 15.9 Å². The molecule has 0 unspecified atom stereocenters. The number of aromatic nitrogens is 2. The van der Waals surface area contributed by atoms with Crippen LogP contribution in [0.5, 0.6) is 0 Å². The van der Waals surface area contributed by atoms with E-state index >= 15 is 0 Å². The van der Waals surface area contributed by atoms with E-state index in [2.05, 4.69) is 28.5 Å². The molecule has 24 heavy (non-hydrogen) atoms. The first-order valence-electron chi connectivity index (χ1n) is 7.75.